The Bertz CT molecular complexity index is 549. The van der Waals surface area contributed by atoms with Crippen molar-refractivity contribution in [2.75, 3.05) is 0 Å². The van der Waals surface area contributed by atoms with Crippen molar-refractivity contribution in [2.24, 2.45) is 0 Å². The van der Waals surface area contributed by atoms with Crippen molar-refractivity contribution >= 4 is 32.7 Å². The van der Waals surface area contributed by atoms with E-state index in [4.69, 9.17) is 5.11 Å². The van der Waals surface area contributed by atoms with Gasteiger partial charge in [0.15, 0.2) is 0 Å². The maximum absolute atomic E-state index is 11.0. The van der Waals surface area contributed by atoms with E-state index in [1.54, 1.807) is 18.2 Å². The highest BCUT2D eigenvalue weighted by atomic mass is 79.9. The average molecular weight is 267 g/mol. The Morgan fingerprint density at radius 2 is 2.00 bits per heavy atom. The minimum Gasteiger partial charge on any atom is -0.507 e. The van der Waals surface area contributed by atoms with Gasteiger partial charge in [-0.2, -0.15) is 0 Å². The van der Waals surface area contributed by atoms with Gasteiger partial charge in [-0.05, 0) is 23.6 Å². The van der Waals surface area contributed by atoms with E-state index in [0.717, 1.165) is 0 Å². The molecule has 0 heterocycles. The molecule has 0 aromatic heterocycles. The summed E-state index contributed by atoms with van der Waals surface area (Å²) in [6.07, 6.45) is 0. The van der Waals surface area contributed by atoms with Crippen LogP contribution in [0, 0.1) is 0 Å². The molecule has 15 heavy (non-hydrogen) atoms. The van der Waals surface area contributed by atoms with Crippen LogP contribution in [-0.4, -0.2) is 16.2 Å². The Morgan fingerprint density at radius 1 is 1.27 bits per heavy atom. The molecule has 0 atom stereocenters. The number of carbonyl (C=O) groups is 1. The van der Waals surface area contributed by atoms with Gasteiger partial charge in [0.2, 0.25) is 0 Å². The molecular formula is C11H7BrO3. The topological polar surface area (TPSA) is 57.5 Å². The zero-order valence-corrected chi connectivity index (χ0v) is 9.15. The van der Waals surface area contributed by atoms with Crippen LogP contribution in [0.25, 0.3) is 10.8 Å². The molecule has 0 bridgehead atoms. The minimum atomic E-state index is -1.05. The highest BCUT2D eigenvalue weighted by Crippen LogP contribution is 2.30. The summed E-state index contributed by atoms with van der Waals surface area (Å²) in [4.78, 5) is 11.0. The van der Waals surface area contributed by atoms with E-state index in [1.807, 2.05) is 0 Å². The fraction of sp³-hybridized carbons (Fsp3) is 0. The summed E-state index contributed by atoms with van der Waals surface area (Å²) in [5.74, 6) is -1.07. The van der Waals surface area contributed by atoms with Crippen LogP contribution in [0.4, 0.5) is 0 Å². The second-order valence-electron chi connectivity index (χ2n) is 3.13. The molecule has 3 nitrogen and oxygen atoms in total. The van der Waals surface area contributed by atoms with Crippen LogP contribution in [0.3, 0.4) is 0 Å². The van der Waals surface area contributed by atoms with Crippen molar-refractivity contribution in [3.05, 3.63) is 40.4 Å². The van der Waals surface area contributed by atoms with Gasteiger partial charge in [0.25, 0.3) is 0 Å². The SMILES string of the molecule is O=C(O)c1cc(Br)cc2cccc(O)c12. The van der Waals surface area contributed by atoms with Gasteiger partial charge in [0, 0.05) is 9.86 Å². The molecule has 2 N–H and O–H groups in total. The first-order chi connectivity index (χ1) is 7.09. The third kappa shape index (κ3) is 1.68. The summed E-state index contributed by atoms with van der Waals surface area (Å²) in [6, 6.07) is 8.15. The molecule has 0 saturated carbocycles. The van der Waals surface area contributed by atoms with E-state index in [-0.39, 0.29) is 11.3 Å². The maximum atomic E-state index is 11.0. The first kappa shape index (κ1) is 9.98. The predicted octanol–water partition coefficient (Wildman–Crippen LogP) is 3.01. The fourth-order valence-electron chi connectivity index (χ4n) is 1.54. The van der Waals surface area contributed by atoms with Gasteiger partial charge in [-0.25, -0.2) is 4.79 Å². The number of carboxylic acid groups (broad SMARTS) is 1. The van der Waals surface area contributed by atoms with Crippen molar-refractivity contribution in [3.8, 4) is 5.75 Å². The largest absolute Gasteiger partial charge is 0.507 e. The highest BCUT2D eigenvalue weighted by molar-refractivity contribution is 9.10. The van der Waals surface area contributed by atoms with Gasteiger partial charge in [0.1, 0.15) is 5.75 Å². The predicted molar refractivity (Wildman–Crippen MR) is 60.3 cm³/mol. The molecule has 4 heteroatoms. The van der Waals surface area contributed by atoms with Crippen molar-refractivity contribution in [1.82, 2.24) is 0 Å². The van der Waals surface area contributed by atoms with Gasteiger partial charge in [0.05, 0.1) is 5.56 Å². The van der Waals surface area contributed by atoms with E-state index < -0.39 is 5.97 Å². The number of hydrogen-bond acceptors (Lipinski definition) is 2. The number of hydrogen-bond donors (Lipinski definition) is 2. The summed E-state index contributed by atoms with van der Waals surface area (Å²) >= 11 is 3.23. The maximum Gasteiger partial charge on any atom is 0.336 e. The lowest BCUT2D eigenvalue weighted by Gasteiger charge is -2.05. The highest BCUT2D eigenvalue weighted by Gasteiger charge is 2.12. The lowest BCUT2D eigenvalue weighted by molar-refractivity contribution is 0.0698. The number of fused-ring (bicyclic) bond motifs is 1. The van der Waals surface area contributed by atoms with Gasteiger partial charge in [-0.3, -0.25) is 0 Å². The monoisotopic (exact) mass is 266 g/mol. The number of benzene rings is 2. The van der Waals surface area contributed by atoms with E-state index >= 15 is 0 Å². The Balaban J connectivity index is 2.94. The van der Waals surface area contributed by atoms with Crippen molar-refractivity contribution < 1.29 is 15.0 Å². The molecule has 0 radical (unpaired) electrons. The third-order valence-electron chi connectivity index (χ3n) is 2.15. The molecule has 0 spiro atoms. The molecule has 0 unspecified atom stereocenters. The van der Waals surface area contributed by atoms with Crippen molar-refractivity contribution in [1.29, 1.82) is 0 Å². The molecule has 2 rings (SSSR count). The number of phenols is 1. The van der Waals surface area contributed by atoms with Crippen LogP contribution in [0.1, 0.15) is 10.4 Å². The number of phenolic OH excluding ortho intramolecular Hbond substituents is 1. The number of aromatic carboxylic acids is 1. The molecule has 0 aliphatic rings. The molecule has 0 aliphatic heterocycles. The van der Waals surface area contributed by atoms with Crippen LogP contribution < -0.4 is 0 Å². The normalized spacial score (nSPS) is 10.5. The Morgan fingerprint density at radius 3 is 2.67 bits per heavy atom. The molecule has 76 valence electrons. The molecule has 0 fully saturated rings. The van der Waals surface area contributed by atoms with Gasteiger partial charge < -0.3 is 10.2 Å². The standard InChI is InChI=1S/C11H7BrO3/c12-7-4-6-2-1-3-9(13)10(6)8(5-7)11(14)15/h1-5,13H,(H,14,15). The molecule has 0 aliphatic carbocycles. The number of aromatic hydroxyl groups is 1. The van der Waals surface area contributed by atoms with E-state index in [9.17, 15) is 9.90 Å². The number of rotatable bonds is 1. The van der Waals surface area contributed by atoms with E-state index in [2.05, 4.69) is 15.9 Å². The number of carboxylic acids is 1. The van der Waals surface area contributed by atoms with Crippen LogP contribution in [-0.2, 0) is 0 Å². The smallest absolute Gasteiger partial charge is 0.336 e. The third-order valence-corrected chi connectivity index (χ3v) is 2.61. The van der Waals surface area contributed by atoms with Crippen LogP contribution in [0.5, 0.6) is 5.75 Å². The Kier molecular flexibility index (Phi) is 2.36. The van der Waals surface area contributed by atoms with E-state index in [1.165, 1.54) is 12.1 Å². The van der Waals surface area contributed by atoms with Gasteiger partial charge in [-0.1, -0.05) is 28.1 Å². The van der Waals surface area contributed by atoms with Gasteiger partial charge >= 0.3 is 5.97 Å². The van der Waals surface area contributed by atoms with Gasteiger partial charge in [-0.15, -0.1) is 0 Å². The summed E-state index contributed by atoms with van der Waals surface area (Å²) < 4.78 is 0.679. The zero-order valence-electron chi connectivity index (χ0n) is 7.57. The second kappa shape index (κ2) is 3.55. The van der Waals surface area contributed by atoms with Crippen LogP contribution >= 0.6 is 15.9 Å². The Hall–Kier alpha value is -1.55. The quantitative estimate of drug-likeness (QED) is 0.834. The lowest BCUT2D eigenvalue weighted by Crippen LogP contribution is -1.97. The second-order valence-corrected chi connectivity index (χ2v) is 4.05. The van der Waals surface area contributed by atoms with Crippen molar-refractivity contribution in [3.63, 3.8) is 0 Å². The Labute approximate surface area is 94.1 Å². The summed E-state index contributed by atoms with van der Waals surface area (Å²) in [6.45, 7) is 0. The van der Waals surface area contributed by atoms with Crippen LogP contribution in [0.15, 0.2) is 34.8 Å². The molecule has 2 aromatic carbocycles. The van der Waals surface area contributed by atoms with Crippen LogP contribution in [0.2, 0.25) is 0 Å². The summed E-state index contributed by atoms with van der Waals surface area (Å²) in [5.41, 5.74) is 0.0949. The molecular weight excluding hydrogens is 260 g/mol. The molecule has 0 amide bonds. The fourth-order valence-corrected chi connectivity index (χ4v) is 2.02. The number of halogens is 1. The first-order valence-corrected chi connectivity index (χ1v) is 5.03. The van der Waals surface area contributed by atoms with E-state index in [0.29, 0.717) is 15.2 Å². The minimum absolute atomic E-state index is 0.0163. The lowest BCUT2D eigenvalue weighted by atomic mass is 10.0. The molecule has 2 aromatic rings. The summed E-state index contributed by atoms with van der Waals surface area (Å²) in [7, 11) is 0. The van der Waals surface area contributed by atoms with Crippen molar-refractivity contribution in [2.45, 2.75) is 0 Å². The summed E-state index contributed by atoms with van der Waals surface area (Å²) in [5, 5.41) is 19.7. The molecule has 0 saturated heterocycles. The average Bonchev–Trinajstić information content (AvgIpc) is 2.16. The first-order valence-electron chi connectivity index (χ1n) is 4.24. The zero-order chi connectivity index (χ0) is 11.0.